The number of piperidine rings is 1. The number of carbonyl (C=O) groups is 1. The first kappa shape index (κ1) is 21.0. The first-order chi connectivity index (χ1) is 15.2. The van der Waals surface area contributed by atoms with Gasteiger partial charge in [0.15, 0.2) is 0 Å². The van der Waals surface area contributed by atoms with Gasteiger partial charge < -0.3 is 14.4 Å². The van der Waals surface area contributed by atoms with Gasteiger partial charge in [0.1, 0.15) is 11.5 Å². The molecule has 1 fully saturated rings. The Morgan fingerprint density at radius 1 is 0.871 bits per heavy atom. The maximum Gasteiger partial charge on any atom is 0.257 e. The van der Waals surface area contributed by atoms with Crippen molar-refractivity contribution in [2.24, 2.45) is 5.92 Å². The third kappa shape index (κ3) is 4.91. The molecule has 0 atom stereocenters. The van der Waals surface area contributed by atoms with E-state index >= 15 is 0 Å². The molecule has 1 saturated heterocycles. The van der Waals surface area contributed by atoms with Crippen LogP contribution in [0.25, 0.3) is 11.1 Å². The fourth-order valence-electron chi connectivity index (χ4n) is 4.28. The summed E-state index contributed by atoms with van der Waals surface area (Å²) in [7, 11) is 3.19. The molecule has 0 unspecified atom stereocenters. The summed E-state index contributed by atoms with van der Waals surface area (Å²) in [5.41, 5.74) is 4.45. The summed E-state index contributed by atoms with van der Waals surface area (Å²) in [5.74, 6) is 1.88. The molecule has 0 radical (unpaired) electrons. The molecule has 160 valence electrons. The lowest BCUT2D eigenvalue weighted by Crippen LogP contribution is -2.39. The summed E-state index contributed by atoms with van der Waals surface area (Å²) in [6, 6.07) is 24.7. The molecule has 1 amide bonds. The van der Waals surface area contributed by atoms with Gasteiger partial charge in [-0.25, -0.2) is 0 Å². The minimum Gasteiger partial charge on any atom is -0.497 e. The van der Waals surface area contributed by atoms with E-state index in [0.29, 0.717) is 23.0 Å². The van der Waals surface area contributed by atoms with Crippen LogP contribution in [0.4, 0.5) is 0 Å². The number of hydrogen-bond donors (Lipinski definition) is 0. The molecule has 4 rings (SSSR count). The topological polar surface area (TPSA) is 38.8 Å². The highest BCUT2D eigenvalue weighted by molar-refractivity contribution is 5.97. The van der Waals surface area contributed by atoms with E-state index in [1.165, 1.54) is 16.7 Å². The van der Waals surface area contributed by atoms with Gasteiger partial charge in [-0.15, -0.1) is 0 Å². The Morgan fingerprint density at radius 3 is 2.19 bits per heavy atom. The smallest absolute Gasteiger partial charge is 0.257 e. The molecule has 0 bridgehead atoms. The van der Waals surface area contributed by atoms with Crippen molar-refractivity contribution in [2.45, 2.75) is 19.3 Å². The Labute approximate surface area is 184 Å². The standard InChI is InChI=1S/C27H29NO3/c1-30-24-12-13-25(26(19-24)31-2)27(29)28-16-14-21(15-17-28)18-20-8-10-23(11-9-20)22-6-4-3-5-7-22/h3-13,19,21H,14-18H2,1-2H3. The van der Waals surface area contributed by atoms with Crippen molar-refractivity contribution in [1.29, 1.82) is 0 Å². The fourth-order valence-corrected chi connectivity index (χ4v) is 4.28. The molecular formula is C27H29NO3. The van der Waals surface area contributed by atoms with Crippen molar-refractivity contribution < 1.29 is 14.3 Å². The van der Waals surface area contributed by atoms with Crippen LogP contribution in [0, 0.1) is 5.92 Å². The van der Waals surface area contributed by atoms with E-state index in [1.54, 1.807) is 26.4 Å². The van der Waals surface area contributed by atoms with Gasteiger partial charge in [0.2, 0.25) is 0 Å². The zero-order chi connectivity index (χ0) is 21.6. The Kier molecular flexibility index (Phi) is 6.56. The molecule has 0 aromatic heterocycles. The fraction of sp³-hybridized carbons (Fsp3) is 0.296. The molecule has 1 aliphatic rings. The molecule has 4 nitrogen and oxygen atoms in total. The van der Waals surface area contributed by atoms with E-state index < -0.39 is 0 Å². The molecule has 0 saturated carbocycles. The van der Waals surface area contributed by atoms with Gasteiger partial charge in [-0.1, -0.05) is 54.6 Å². The van der Waals surface area contributed by atoms with Crippen LogP contribution in [0.2, 0.25) is 0 Å². The molecule has 4 heteroatoms. The molecule has 0 spiro atoms. The third-order valence-corrected chi connectivity index (χ3v) is 6.13. The number of likely N-dealkylation sites (tertiary alicyclic amines) is 1. The molecule has 0 aliphatic carbocycles. The maximum absolute atomic E-state index is 13.0. The number of benzene rings is 3. The number of hydrogen-bond acceptors (Lipinski definition) is 3. The predicted molar refractivity (Wildman–Crippen MR) is 124 cm³/mol. The molecule has 3 aromatic rings. The van der Waals surface area contributed by atoms with Crippen molar-refractivity contribution in [3.05, 3.63) is 83.9 Å². The quantitative estimate of drug-likeness (QED) is 0.536. The van der Waals surface area contributed by atoms with Gasteiger partial charge in [-0.05, 0) is 54.0 Å². The van der Waals surface area contributed by atoms with Crippen LogP contribution < -0.4 is 9.47 Å². The second-order valence-corrected chi connectivity index (χ2v) is 8.07. The Morgan fingerprint density at radius 2 is 1.55 bits per heavy atom. The van der Waals surface area contributed by atoms with E-state index in [4.69, 9.17) is 9.47 Å². The normalized spacial score (nSPS) is 14.3. The van der Waals surface area contributed by atoms with Crippen LogP contribution in [0.3, 0.4) is 0 Å². The van der Waals surface area contributed by atoms with Crippen LogP contribution in [-0.4, -0.2) is 38.1 Å². The number of amides is 1. The van der Waals surface area contributed by atoms with E-state index in [9.17, 15) is 4.79 Å². The first-order valence-electron chi connectivity index (χ1n) is 10.8. The Bertz CT molecular complexity index is 1010. The van der Waals surface area contributed by atoms with Crippen molar-refractivity contribution in [3.63, 3.8) is 0 Å². The maximum atomic E-state index is 13.0. The van der Waals surface area contributed by atoms with Gasteiger partial charge in [-0.3, -0.25) is 4.79 Å². The van der Waals surface area contributed by atoms with Crippen LogP contribution in [-0.2, 0) is 6.42 Å². The lowest BCUT2D eigenvalue weighted by atomic mass is 9.89. The largest absolute Gasteiger partial charge is 0.497 e. The van der Waals surface area contributed by atoms with Crippen LogP contribution in [0.15, 0.2) is 72.8 Å². The van der Waals surface area contributed by atoms with Crippen LogP contribution in [0.5, 0.6) is 11.5 Å². The molecule has 0 N–H and O–H groups in total. The average molecular weight is 416 g/mol. The van der Waals surface area contributed by atoms with E-state index in [-0.39, 0.29) is 5.91 Å². The highest BCUT2D eigenvalue weighted by Gasteiger charge is 2.25. The summed E-state index contributed by atoms with van der Waals surface area (Å²) in [4.78, 5) is 15.0. The zero-order valence-corrected chi connectivity index (χ0v) is 18.2. The van der Waals surface area contributed by atoms with Gasteiger partial charge in [0.05, 0.1) is 19.8 Å². The summed E-state index contributed by atoms with van der Waals surface area (Å²) in [5, 5.41) is 0. The number of ether oxygens (including phenoxy) is 2. The highest BCUT2D eigenvalue weighted by Crippen LogP contribution is 2.29. The van der Waals surface area contributed by atoms with Crippen LogP contribution in [0.1, 0.15) is 28.8 Å². The number of rotatable bonds is 6. The van der Waals surface area contributed by atoms with E-state index in [2.05, 4.69) is 48.5 Å². The monoisotopic (exact) mass is 415 g/mol. The molecule has 1 aliphatic heterocycles. The van der Waals surface area contributed by atoms with Crippen molar-refractivity contribution in [3.8, 4) is 22.6 Å². The average Bonchev–Trinajstić information content (AvgIpc) is 2.84. The van der Waals surface area contributed by atoms with E-state index in [1.807, 2.05) is 17.0 Å². The number of carbonyl (C=O) groups excluding carboxylic acids is 1. The lowest BCUT2D eigenvalue weighted by Gasteiger charge is -2.32. The van der Waals surface area contributed by atoms with Crippen molar-refractivity contribution >= 4 is 5.91 Å². The summed E-state index contributed by atoms with van der Waals surface area (Å²) >= 11 is 0. The second-order valence-electron chi connectivity index (χ2n) is 8.07. The Balaban J connectivity index is 1.34. The van der Waals surface area contributed by atoms with Crippen molar-refractivity contribution in [1.82, 2.24) is 4.90 Å². The van der Waals surface area contributed by atoms with E-state index in [0.717, 1.165) is 32.4 Å². The number of nitrogens with zero attached hydrogens (tertiary/aromatic N) is 1. The van der Waals surface area contributed by atoms with Gasteiger partial charge >= 0.3 is 0 Å². The number of methoxy groups -OCH3 is 2. The van der Waals surface area contributed by atoms with Gasteiger partial charge in [-0.2, -0.15) is 0 Å². The minimum absolute atomic E-state index is 0.0326. The summed E-state index contributed by atoms with van der Waals surface area (Å²) in [6.07, 6.45) is 3.10. The summed E-state index contributed by atoms with van der Waals surface area (Å²) in [6.45, 7) is 1.56. The lowest BCUT2D eigenvalue weighted by molar-refractivity contribution is 0.0687. The third-order valence-electron chi connectivity index (χ3n) is 6.13. The zero-order valence-electron chi connectivity index (χ0n) is 18.2. The SMILES string of the molecule is COc1ccc(C(=O)N2CCC(Cc3ccc(-c4ccccc4)cc3)CC2)c(OC)c1. The predicted octanol–water partition coefficient (Wildman–Crippen LogP) is 5.47. The minimum atomic E-state index is 0.0326. The molecule has 31 heavy (non-hydrogen) atoms. The molecule has 1 heterocycles. The van der Waals surface area contributed by atoms with Gasteiger partial charge in [0, 0.05) is 19.2 Å². The molecular weight excluding hydrogens is 386 g/mol. The Hall–Kier alpha value is -3.27. The highest BCUT2D eigenvalue weighted by atomic mass is 16.5. The second kappa shape index (κ2) is 9.69. The van der Waals surface area contributed by atoms with Crippen LogP contribution >= 0.6 is 0 Å². The summed E-state index contributed by atoms with van der Waals surface area (Å²) < 4.78 is 10.6. The molecule has 3 aromatic carbocycles. The first-order valence-corrected chi connectivity index (χ1v) is 10.8. The van der Waals surface area contributed by atoms with Gasteiger partial charge in [0.25, 0.3) is 5.91 Å². The van der Waals surface area contributed by atoms with Crippen molar-refractivity contribution in [2.75, 3.05) is 27.3 Å².